The normalized spacial score (nSPS) is 23.0. The molecule has 0 saturated carbocycles. The lowest BCUT2D eigenvalue weighted by Crippen LogP contribution is -2.42. The molecule has 0 radical (unpaired) electrons. The third-order valence-electron chi connectivity index (χ3n) is 9.63. The van der Waals surface area contributed by atoms with Crippen LogP contribution in [-0.4, -0.2) is 65.7 Å². The predicted molar refractivity (Wildman–Crippen MR) is 177 cm³/mol. The van der Waals surface area contributed by atoms with Gasteiger partial charge in [0, 0.05) is 31.7 Å². The van der Waals surface area contributed by atoms with Crippen molar-refractivity contribution in [2.24, 2.45) is 0 Å². The van der Waals surface area contributed by atoms with Gasteiger partial charge in [-0.25, -0.2) is 0 Å². The number of ether oxygens (including phenoxy) is 3. The van der Waals surface area contributed by atoms with Gasteiger partial charge in [-0.2, -0.15) is 0 Å². The number of amides is 2. The van der Waals surface area contributed by atoms with Gasteiger partial charge in [0.05, 0.1) is 43.1 Å². The van der Waals surface area contributed by atoms with Gasteiger partial charge in [0.2, 0.25) is 0 Å². The van der Waals surface area contributed by atoms with Crippen LogP contribution < -0.4 is 0 Å². The highest BCUT2D eigenvalue weighted by atomic mass is 16.7. The molecule has 2 fully saturated rings. The highest BCUT2D eigenvalue weighted by molar-refractivity contribution is 6.21. The van der Waals surface area contributed by atoms with Crippen molar-refractivity contribution in [3.05, 3.63) is 130 Å². The van der Waals surface area contributed by atoms with Crippen molar-refractivity contribution in [1.29, 1.82) is 0 Å². The van der Waals surface area contributed by atoms with E-state index in [4.69, 9.17) is 14.2 Å². The van der Waals surface area contributed by atoms with E-state index in [0.29, 0.717) is 23.8 Å². The Morgan fingerprint density at radius 2 is 1.47 bits per heavy atom. The molecule has 0 unspecified atom stereocenters. The number of nitrogens with zero attached hydrogens (tertiary/aromatic N) is 2. The molecular formula is C39H40N2O6. The molecule has 0 spiro atoms. The van der Waals surface area contributed by atoms with Crippen LogP contribution in [-0.2, 0) is 27.4 Å². The molecule has 4 aromatic rings. The first kappa shape index (κ1) is 31.4. The molecule has 2 amide bonds. The maximum atomic E-state index is 13.1. The molecule has 242 valence electrons. The van der Waals surface area contributed by atoms with Crippen LogP contribution in [0.3, 0.4) is 0 Å². The Kier molecular flexibility index (Phi) is 9.29. The second kappa shape index (κ2) is 13.9. The van der Waals surface area contributed by atoms with Gasteiger partial charge in [0.25, 0.3) is 11.8 Å². The molecule has 0 aromatic heterocycles. The molecule has 4 atom stereocenters. The van der Waals surface area contributed by atoms with E-state index in [9.17, 15) is 14.7 Å². The highest BCUT2D eigenvalue weighted by Crippen LogP contribution is 2.39. The number of likely N-dealkylation sites (tertiary alicyclic amines) is 1. The SMILES string of the molecule is COC[C@@H]1CCCN1C[C@H]1C[C@@H](c2ccc(CO)cc2)O[C@@H](c2ccc(-c3ccccc3CN3C(=O)c4ccccc4C3=O)cc2)O1. The summed E-state index contributed by atoms with van der Waals surface area (Å²) in [5.74, 6) is -0.528. The Morgan fingerprint density at radius 3 is 2.15 bits per heavy atom. The second-order valence-corrected chi connectivity index (χ2v) is 12.6. The van der Waals surface area contributed by atoms with Gasteiger partial charge in [-0.15, -0.1) is 0 Å². The Labute approximate surface area is 275 Å². The molecule has 0 bridgehead atoms. The summed E-state index contributed by atoms with van der Waals surface area (Å²) in [6.07, 6.45) is 2.27. The second-order valence-electron chi connectivity index (χ2n) is 12.6. The van der Waals surface area contributed by atoms with E-state index in [1.165, 1.54) is 4.90 Å². The van der Waals surface area contributed by atoms with Crippen LogP contribution in [0.5, 0.6) is 0 Å². The first-order valence-electron chi connectivity index (χ1n) is 16.4. The average Bonchev–Trinajstić information content (AvgIpc) is 3.65. The van der Waals surface area contributed by atoms with E-state index in [2.05, 4.69) is 4.90 Å². The van der Waals surface area contributed by atoms with Crippen molar-refractivity contribution in [3.8, 4) is 11.1 Å². The fraction of sp³-hybridized carbons (Fsp3) is 0.333. The molecule has 2 saturated heterocycles. The number of carbonyl (C=O) groups is 2. The van der Waals surface area contributed by atoms with Gasteiger partial charge in [0.15, 0.2) is 6.29 Å². The quantitative estimate of drug-likeness (QED) is 0.205. The molecule has 8 nitrogen and oxygen atoms in total. The van der Waals surface area contributed by atoms with Crippen LogP contribution in [0.25, 0.3) is 11.1 Å². The summed E-state index contributed by atoms with van der Waals surface area (Å²) in [7, 11) is 1.76. The largest absolute Gasteiger partial charge is 0.392 e. The summed E-state index contributed by atoms with van der Waals surface area (Å²) in [5.41, 5.74) is 6.58. The molecule has 8 heteroatoms. The minimum atomic E-state index is -0.553. The number of fused-ring (bicyclic) bond motifs is 1. The fourth-order valence-corrected chi connectivity index (χ4v) is 7.12. The number of hydrogen-bond donors (Lipinski definition) is 1. The van der Waals surface area contributed by atoms with Crippen molar-refractivity contribution in [1.82, 2.24) is 9.80 Å². The van der Waals surface area contributed by atoms with Gasteiger partial charge in [0.1, 0.15) is 0 Å². The third-order valence-corrected chi connectivity index (χ3v) is 9.63. The van der Waals surface area contributed by atoms with Crippen LogP contribution in [0, 0.1) is 0 Å². The lowest BCUT2D eigenvalue weighted by Gasteiger charge is -2.38. The van der Waals surface area contributed by atoms with Crippen molar-refractivity contribution >= 4 is 11.8 Å². The Hall–Kier alpha value is -4.18. The molecular weight excluding hydrogens is 592 g/mol. The minimum Gasteiger partial charge on any atom is -0.392 e. The predicted octanol–water partition coefficient (Wildman–Crippen LogP) is 6.30. The minimum absolute atomic E-state index is 0.00376. The lowest BCUT2D eigenvalue weighted by atomic mass is 9.97. The van der Waals surface area contributed by atoms with Gasteiger partial charge in [-0.3, -0.25) is 19.4 Å². The summed E-state index contributed by atoms with van der Waals surface area (Å²) in [4.78, 5) is 30.0. The van der Waals surface area contributed by atoms with Crippen molar-refractivity contribution < 1.29 is 28.9 Å². The maximum absolute atomic E-state index is 13.1. The van der Waals surface area contributed by atoms with Crippen molar-refractivity contribution in [2.75, 3.05) is 26.8 Å². The number of aliphatic hydroxyl groups is 1. The van der Waals surface area contributed by atoms with Gasteiger partial charge >= 0.3 is 0 Å². The zero-order chi connectivity index (χ0) is 32.3. The number of hydrogen-bond acceptors (Lipinski definition) is 7. The van der Waals surface area contributed by atoms with E-state index in [1.54, 1.807) is 31.4 Å². The smallest absolute Gasteiger partial charge is 0.261 e. The fourth-order valence-electron chi connectivity index (χ4n) is 7.12. The van der Waals surface area contributed by atoms with E-state index in [0.717, 1.165) is 65.7 Å². The summed E-state index contributed by atoms with van der Waals surface area (Å²) in [5, 5.41) is 9.55. The molecule has 1 N–H and O–H groups in total. The maximum Gasteiger partial charge on any atom is 0.261 e. The summed E-state index contributed by atoms with van der Waals surface area (Å²) in [6, 6.07) is 31.4. The van der Waals surface area contributed by atoms with Gasteiger partial charge in [-0.1, -0.05) is 84.9 Å². The van der Waals surface area contributed by atoms with E-state index < -0.39 is 6.29 Å². The number of rotatable bonds is 10. The number of carbonyl (C=O) groups excluding carboxylic acids is 2. The molecule has 3 aliphatic heterocycles. The van der Waals surface area contributed by atoms with Crippen LogP contribution >= 0.6 is 0 Å². The molecule has 3 heterocycles. The molecule has 3 aliphatic rings. The Morgan fingerprint density at radius 1 is 0.809 bits per heavy atom. The van der Waals surface area contributed by atoms with Crippen molar-refractivity contribution in [3.63, 3.8) is 0 Å². The molecule has 7 rings (SSSR count). The van der Waals surface area contributed by atoms with Gasteiger partial charge in [-0.05, 0) is 59.3 Å². The number of methoxy groups -OCH3 is 1. The molecule has 4 aromatic carbocycles. The molecule has 0 aliphatic carbocycles. The number of aliphatic hydroxyl groups excluding tert-OH is 1. The lowest BCUT2D eigenvalue weighted by molar-refractivity contribution is -0.253. The standard InChI is InChI=1S/C39H40N2O6/c1-45-25-31-8-6-20-40(31)23-32-21-36(28-14-12-26(24-42)13-15-28)47-39(46-32)29-18-16-27(17-19-29)33-9-3-2-7-30(33)22-41-37(43)34-10-4-5-11-35(34)38(41)44/h2-5,7,9-19,31-32,36,39,42H,6,8,20-25H2,1H3/t31-,32+,36-,39-/m0/s1. The Bertz CT molecular complexity index is 1690. The number of imide groups is 1. The zero-order valence-corrected chi connectivity index (χ0v) is 26.6. The third kappa shape index (κ3) is 6.52. The van der Waals surface area contributed by atoms with Crippen LogP contribution in [0.2, 0.25) is 0 Å². The summed E-state index contributed by atoms with van der Waals surface area (Å²) in [6.45, 7) is 2.75. The zero-order valence-electron chi connectivity index (χ0n) is 26.6. The first-order chi connectivity index (χ1) is 23.0. The summed E-state index contributed by atoms with van der Waals surface area (Å²) >= 11 is 0. The van der Waals surface area contributed by atoms with Gasteiger partial charge < -0.3 is 19.3 Å². The first-order valence-corrected chi connectivity index (χ1v) is 16.4. The Balaban J connectivity index is 1.11. The van der Waals surface area contributed by atoms with Crippen LogP contribution in [0.15, 0.2) is 97.1 Å². The average molecular weight is 633 g/mol. The topological polar surface area (TPSA) is 88.5 Å². The highest BCUT2D eigenvalue weighted by Gasteiger charge is 2.37. The number of benzene rings is 4. The van der Waals surface area contributed by atoms with E-state index >= 15 is 0 Å². The van der Waals surface area contributed by atoms with Crippen LogP contribution in [0.1, 0.15) is 74.6 Å². The van der Waals surface area contributed by atoms with Crippen molar-refractivity contribution in [2.45, 2.75) is 57.0 Å². The van der Waals surface area contributed by atoms with E-state index in [1.807, 2.05) is 72.8 Å². The molecule has 47 heavy (non-hydrogen) atoms. The summed E-state index contributed by atoms with van der Waals surface area (Å²) < 4.78 is 18.7. The van der Waals surface area contributed by atoms with Crippen LogP contribution in [0.4, 0.5) is 0 Å². The van der Waals surface area contributed by atoms with E-state index in [-0.39, 0.29) is 37.2 Å². The monoisotopic (exact) mass is 632 g/mol.